The molecule has 0 aliphatic heterocycles. The molecule has 3 rings (SSSR count). The molecule has 3 heterocycles. The number of pyridine rings is 1. The summed E-state index contributed by atoms with van der Waals surface area (Å²) in [7, 11) is 1.84. The Labute approximate surface area is 127 Å². The molecule has 0 saturated carbocycles. The number of hydrogen-bond donors (Lipinski definition) is 1. The van der Waals surface area contributed by atoms with Crippen LogP contribution in [0.2, 0.25) is 0 Å². The van der Waals surface area contributed by atoms with Crippen LogP contribution in [-0.2, 0) is 13.6 Å². The number of carbonyl (C=O) groups excluding carboxylic acids is 1. The largest absolute Gasteiger partial charge is 0.361 e. The van der Waals surface area contributed by atoms with Crippen LogP contribution in [0.15, 0.2) is 41.1 Å². The van der Waals surface area contributed by atoms with Gasteiger partial charge in [0.05, 0.1) is 23.6 Å². The average Bonchev–Trinajstić information content (AvgIpc) is 3.12. The summed E-state index contributed by atoms with van der Waals surface area (Å²) in [5, 5.41) is 10.8. The summed E-state index contributed by atoms with van der Waals surface area (Å²) in [5.41, 5.74) is 2.74. The van der Waals surface area contributed by atoms with E-state index in [0.717, 1.165) is 17.1 Å². The summed E-state index contributed by atoms with van der Waals surface area (Å²) in [5.74, 6) is 0.308. The molecule has 7 heteroatoms. The molecule has 0 atom stereocenters. The highest BCUT2D eigenvalue weighted by atomic mass is 16.5. The van der Waals surface area contributed by atoms with Gasteiger partial charge in [0.25, 0.3) is 5.91 Å². The van der Waals surface area contributed by atoms with Crippen molar-refractivity contribution >= 4 is 5.91 Å². The zero-order valence-corrected chi connectivity index (χ0v) is 12.3. The normalized spacial score (nSPS) is 10.6. The lowest BCUT2D eigenvalue weighted by atomic mass is 10.2. The van der Waals surface area contributed by atoms with Crippen molar-refractivity contribution in [2.24, 2.45) is 7.05 Å². The molecule has 3 aromatic rings. The van der Waals surface area contributed by atoms with Gasteiger partial charge in [-0.3, -0.25) is 14.5 Å². The molecule has 1 amide bonds. The molecule has 0 fully saturated rings. The van der Waals surface area contributed by atoms with E-state index in [9.17, 15) is 4.79 Å². The van der Waals surface area contributed by atoms with Crippen LogP contribution in [0.5, 0.6) is 0 Å². The van der Waals surface area contributed by atoms with Gasteiger partial charge in [0.15, 0.2) is 5.69 Å². The third kappa shape index (κ3) is 2.88. The highest BCUT2D eigenvalue weighted by Crippen LogP contribution is 2.16. The molecule has 0 radical (unpaired) electrons. The number of carbonyl (C=O) groups is 1. The lowest BCUT2D eigenvalue weighted by Crippen LogP contribution is -2.23. The van der Waals surface area contributed by atoms with Gasteiger partial charge in [-0.1, -0.05) is 11.2 Å². The van der Waals surface area contributed by atoms with E-state index in [1.165, 1.54) is 0 Å². The number of nitrogens with one attached hydrogen (secondary N) is 1. The van der Waals surface area contributed by atoms with Crippen LogP contribution in [0.25, 0.3) is 11.4 Å². The minimum absolute atomic E-state index is 0.262. The van der Waals surface area contributed by atoms with E-state index in [1.54, 1.807) is 23.9 Å². The van der Waals surface area contributed by atoms with Crippen molar-refractivity contribution in [1.82, 2.24) is 25.2 Å². The van der Waals surface area contributed by atoms with Gasteiger partial charge in [-0.2, -0.15) is 5.10 Å². The first-order valence-electron chi connectivity index (χ1n) is 6.79. The molecule has 0 saturated heterocycles. The maximum atomic E-state index is 11.9. The van der Waals surface area contributed by atoms with Crippen molar-refractivity contribution in [1.29, 1.82) is 0 Å². The van der Waals surface area contributed by atoms with Gasteiger partial charge in [-0.15, -0.1) is 0 Å². The third-order valence-corrected chi connectivity index (χ3v) is 3.15. The Morgan fingerprint density at radius 1 is 1.36 bits per heavy atom. The van der Waals surface area contributed by atoms with E-state index in [0.29, 0.717) is 12.3 Å². The molecular weight excluding hydrogens is 282 g/mol. The molecule has 7 nitrogen and oxygen atoms in total. The molecule has 3 aromatic heterocycles. The number of aryl methyl sites for hydroxylation is 2. The summed E-state index contributed by atoms with van der Waals surface area (Å²) >= 11 is 0. The van der Waals surface area contributed by atoms with Crippen molar-refractivity contribution in [3.63, 3.8) is 0 Å². The number of nitrogens with zero attached hydrogens (tertiary/aromatic N) is 4. The van der Waals surface area contributed by atoms with Crippen LogP contribution >= 0.6 is 0 Å². The molecule has 0 bridgehead atoms. The lowest BCUT2D eigenvalue weighted by molar-refractivity contribution is 0.0941. The Morgan fingerprint density at radius 2 is 2.23 bits per heavy atom. The molecule has 112 valence electrons. The van der Waals surface area contributed by atoms with Crippen LogP contribution in [-0.4, -0.2) is 25.8 Å². The van der Waals surface area contributed by atoms with Crippen LogP contribution < -0.4 is 5.32 Å². The summed E-state index contributed by atoms with van der Waals surface area (Å²) in [6.45, 7) is 2.05. The van der Waals surface area contributed by atoms with Gasteiger partial charge < -0.3 is 9.84 Å². The summed E-state index contributed by atoms with van der Waals surface area (Å²) in [6, 6.07) is 9.19. The van der Waals surface area contributed by atoms with E-state index in [-0.39, 0.29) is 11.6 Å². The smallest absolute Gasteiger partial charge is 0.273 e. The van der Waals surface area contributed by atoms with Gasteiger partial charge in [0, 0.05) is 19.3 Å². The van der Waals surface area contributed by atoms with Gasteiger partial charge >= 0.3 is 0 Å². The second-order valence-electron chi connectivity index (χ2n) is 4.86. The topological polar surface area (TPSA) is 85.8 Å². The third-order valence-electron chi connectivity index (χ3n) is 3.15. The molecule has 0 unspecified atom stereocenters. The Kier molecular flexibility index (Phi) is 3.69. The first-order chi connectivity index (χ1) is 10.6. The summed E-state index contributed by atoms with van der Waals surface area (Å²) in [4.78, 5) is 16.2. The predicted octanol–water partition coefficient (Wildman–Crippen LogP) is 1.71. The molecule has 0 spiro atoms. The molecular formula is C15H15N5O2. The zero-order chi connectivity index (χ0) is 15.5. The Morgan fingerprint density at radius 3 is 2.91 bits per heavy atom. The molecule has 1 N–H and O–H groups in total. The fourth-order valence-electron chi connectivity index (χ4n) is 2.10. The standard InChI is InChI=1S/C15H15N5O2/c1-10-7-13(19-22-10)15(21)17-9-11-8-14(20(2)18-11)12-5-3-4-6-16-12/h3-8H,9H2,1-2H3,(H,17,21). The number of hydrogen-bond acceptors (Lipinski definition) is 5. The van der Waals surface area contributed by atoms with Crippen LogP contribution in [0.3, 0.4) is 0 Å². The van der Waals surface area contributed by atoms with E-state index >= 15 is 0 Å². The van der Waals surface area contributed by atoms with E-state index in [4.69, 9.17) is 4.52 Å². The zero-order valence-electron chi connectivity index (χ0n) is 12.3. The monoisotopic (exact) mass is 297 g/mol. The van der Waals surface area contributed by atoms with Crippen molar-refractivity contribution < 1.29 is 9.32 Å². The van der Waals surface area contributed by atoms with Crippen LogP contribution in [0, 0.1) is 6.92 Å². The van der Waals surface area contributed by atoms with Crippen molar-refractivity contribution in [2.45, 2.75) is 13.5 Å². The molecule has 0 aliphatic rings. The maximum Gasteiger partial charge on any atom is 0.273 e. The fourth-order valence-corrected chi connectivity index (χ4v) is 2.10. The fraction of sp³-hybridized carbons (Fsp3) is 0.200. The molecule has 22 heavy (non-hydrogen) atoms. The lowest BCUT2D eigenvalue weighted by Gasteiger charge is -1.98. The predicted molar refractivity (Wildman–Crippen MR) is 78.8 cm³/mol. The maximum absolute atomic E-state index is 11.9. The van der Waals surface area contributed by atoms with E-state index in [1.807, 2.05) is 31.3 Å². The van der Waals surface area contributed by atoms with Crippen molar-refractivity contribution in [3.05, 3.63) is 53.7 Å². The van der Waals surface area contributed by atoms with Crippen molar-refractivity contribution in [2.75, 3.05) is 0 Å². The first-order valence-corrected chi connectivity index (χ1v) is 6.79. The SMILES string of the molecule is Cc1cc(C(=O)NCc2cc(-c3ccccn3)n(C)n2)no1. The van der Waals surface area contributed by atoms with Crippen molar-refractivity contribution in [3.8, 4) is 11.4 Å². The second kappa shape index (κ2) is 5.80. The highest BCUT2D eigenvalue weighted by molar-refractivity contribution is 5.92. The van der Waals surface area contributed by atoms with Crippen LogP contribution in [0.4, 0.5) is 0 Å². The van der Waals surface area contributed by atoms with Gasteiger partial charge in [-0.25, -0.2) is 0 Å². The number of aromatic nitrogens is 4. The first kappa shape index (κ1) is 14.0. The van der Waals surface area contributed by atoms with E-state index in [2.05, 4.69) is 20.6 Å². The second-order valence-corrected chi connectivity index (χ2v) is 4.86. The molecule has 0 aliphatic carbocycles. The Balaban J connectivity index is 1.70. The Bertz CT molecular complexity index is 791. The highest BCUT2D eigenvalue weighted by Gasteiger charge is 2.12. The van der Waals surface area contributed by atoms with Gasteiger partial charge in [-0.05, 0) is 25.1 Å². The minimum Gasteiger partial charge on any atom is -0.361 e. The minimum atomic E-state index is -0.290. The van der Waals surface area contributed by atoms with E-state index < -0.39 is 0 Å². The number of amides is 1. The molecule has 0 aromatic carbocycles. The number of rotatable bonds is 4. The summed E-state index contributed by atoms with van der Waals surface area (Å²) in [6.07, 6.45) is 1.73. The van der Waals surface area contributed by atoms with Gasteiger partial charge in [0.2, 0.25) is 0 Å². The van der Waals surface area contributed by atoms with Crippen LogP contribution in [0.1, 0.15) is 21.9 Å². The summed E-state index contributed by atoms with van der Waals surface area (Å²) < 4.78 is 6.62. The quantitative estimate of drug-likeness (QED) is 0.792. The van der Waals surface area contributed by atoms with Gasteiger partial charge in [0.1, 0.15) is 5.76 Å². The Hall–Kier alpha value is -2.96. The average molecular weight is 297 g/mol.